The summed E-state index contributed by atoms with van der Waals surface area (Å²) >= 11 is 5.97. The molecular weight excluding hydrogens is 370 g/mol. The number of nitrogens with zero attached hydrogens (tertiary/aromatic N) is 3. The fourth-order valence-electron chi connectivity index (χ4n) is 3.00. The first-order valence-corrected chi connectivity index (χ1v) is 8.85. The number of amides is 2. The number of benzene rings is 2. The number of anilines is 1. The van der Waals surface area contributed by atoms with E-state index < -0.39 is 10.8 Å². The normalized spacial score (nSPS) is 13.7. The van der Waals surface area contributed by atoms with Crippen LogP contribution < -0.4 is 4.90 Å². The van der Waals surface area contributed by atoms with E-state index in [1.165, 1.54) is 23.1 Å². The lowest BCUT2D eigenvalue weighted by atomic mass is 10.1. The van der Waals surface area contributed by atoms with Gasteiger partial charge in [-0.1, -0.05) is 29.3 Å². The lowest BCUT2D eigenvalue weighted by molar-refractivity contribution is -0.385. The van der Waals surface area contributed by atoms with Gasteiger partial charge in [0.25, 0.3) is 11.6 Å². The van der Waals surface area contributed by atoms with Crippen LogP contribution in [-0.4, -0.2) is 34.9 Å². The Balaban J connectivity index is 2.03. The molecular formula is C19H18ClN3O4. The van der Waals surface area contributed by atoms with E-state index in [0.29, 0.717) is 18.7 Å². The summed E-state index contributed by atoms with van der Waals surface area (Å²) in [6.45, 7) is 2.50. The summed E-state index contributed by atoms with van der Waals surface area (Å²) in [6, 6.07) is 11.1. The highest BCUT2D eigenvalue weighted by molar-refractivity contribution is 6.31. The number of likely N-dealkylation sites (tertiary alicyclic amines) is 1. The molecule has 1 fully saturated rings. The molecule has 2 aromatic carbocycles. The Morgan fingerprint density at radius 1 is 1.26 bits per heavy atom. The number of nitro groups is 1. The van der Waals surface area contributed by atoms with Crippen molar-refractivity contribution in [2.75, 3.05) is 18.1 Å². The molecule has 0 saturated carbocycles. The van der Waals surface area contributed by atoms with Crippen LogP contribution in [0.5, 0.6) is 0 Å². The Kier molecular flexibility index (Phi) is 5.41. The maximum absolute atomic E-state index is 13.2. The summed E-state index contributed by atoms with van der Waals surface area (Å²) < 4.78 is 0. The summed E-state index contributed by atoms with van der Waals surface area (Å²) in [6.07, 6.45) is 1.17. The van der Waals surface area contributed by atoms with Crippen molar-refractivity contribution >= 4 is 34.8 Å². The third kappa shape index (κ3) is 4.09. The topological polar surface area (TPSA) is 83.8 Å². The minimum absolute atomic E-state index is 0.0321. The summed E-state index contributed by atoms with van der Waals surface area (Å²) in [5.74, 6) is -0.617. The lowest BCUT2D eigenvalue weighted by Crippen LogP contribution is -2.42. The van der Waals surface area contributed by atoms with Crippen LogP contribution in [-0.2, 0) is 4.79 Å². The van der Waals surface area contributed by atoms with Crippen molar-refractivity contribution in [1.82, 2.24) is 4.90 Å². The van der Waals surface area contributed by atoms with Crippen LogP contribution in [0.1, 0.15) is 28.8 Å². The molecule has 8 heteroatoms. The van der Waals surface area contributed by atoms with Gasteiger partial charge in [0.2, 0.25) is 5.91 Å². The molecule has 0 N–H and O–H groups in total. The van der Waals surface area contributed by atoms with Gasteiger partial charge in [0, 0.05) is 29.7 Å². The molecule has 2 aromatic rings. The van der Waals surface area contributed by atoms with Crippen molar-refractivity contribution in [2.24, 2.45) is 0 Å². The molecule has 1 aliphatic rings. The number of rotatable bonds is 5. The van der Waals surface area contributed by atoms with Crippen molar-refractivity contribution in [1.29, 1.82) is 0 Å². The maximum Gasteiger partial charge on any atom is 0.282 e. The van der Waals surface area contributed by atoms with Gasteiger partial charge in [-0.05, 0) is 37.6 Å². The SMILES string of the molecule is Cc1ccc(N(CN2CCCC2=O)C(=O)c2cc(Cl)ccc2[N+](=O)[O-])cc1. The molecule has 0 bridgehead atoms. The summed E-state index contributed by atoms with van der Waals surface area (Å²) in [5.41, 5.74) is 1.13. The fraction of sp³-hybridized carbons (Fsp3) is 0.263. The predicted molar refractivity (Wildman–Crippen MR) is 102 cm³/mol. The maximum atomic E-state index is 13.2. The van der Waals surface area contributed by atoms with E-state index in [9.17, 15) is 19.7 Å². The van der Waals surface area contributed by atoms with Crippen LogP contribution in [0.3, 0.4) is 0 Å². The minimum Gasteiger partial charge on any atom is -0.324 e. The van der Waals surface area contributed by atoms with Gasteiger partial charge in [-0.2, -0.15) is 0 Å². The quantitative estimate of drug-likeness (QED) is 0.577. The van der Waals surface area contributed by atoms with Gasteiger partial charge in [-0.25, -0.2) is 0 Å². The van der Waals surface area contributed by atoms with Gasteiger partial charge in [0.15, 0.2) is 0 Å². The van der Waals surface area contributed by atoms with Crippen LogP contribution in [0.2, 0.25) is 5.02 Å². The Hall–Kier alpha value is -2.93. The van der Waals surface area contributed by atoms with Gasteiger partial charge in [-0.3, -0.25) is 24.6 Å². The zero-order valence-corrected chi connectivity index (χ0v) is 15.5. The van der Waals surface area contributed by atoms with E-state index in [1.54, 1.807) is 17.0 Å². The average molecular weight is 388 g/mol. The molecule has 2 amide bonds. The Bertz CT molecular complexity index is 898. The summed E-state index contributed by atoms with van der Waals surface area (Å²) in [7, 11) is 0. The molecule has 0 atom stereocenters. The monoisotopic (exact) mass is 387 g/mol. The molecule has 0 aliphatic carbocycles. The average Bonchev–Trinajstić information content (AvgIpc) is 3.04. The van der Waals surface area contributed by atoms with E-state index in [1.807, 2.05) is 19.1 Å². The van der Waals surface area contributed by atoms with Crippen LogP contribution >= 0.6 is 11.6 Å². The molecule has 1 aliphatic heterocycles. The van der Waals surface area contributed by atoms with E-state index in [4.69, 9.17) is 11.6 Å². The van der Waals surface area contributed by atoms with Crippen molar-refractivity contribution in [3.05, 3.63) is 68.7 Å². The minimum atomic E-state index is -0.613. The Morgan fingerprint density at radius 2 is 1.96 bits per heavy atom. The molecule has 0 spiro atoms. The fourth-order valence-corrected chi connectivity index (χ4v) is 3.17. The van der Waals surface area contributed by atoms with Gasteiger partial charge in [0.1, 0.15) is 12.2 Å². The molecule has 0 aromatic heterocycles. The Labute approximate surface area is 161 Å². The molecule has 27 heavy (non-hydrogen) atoms. The van der Waals surface area contributed by atoms with E-state index in [-0.39, 0.29) is 28.8 Å². The number of carbonyl (C=O) groups excluding carboxylic acids is 2. The van der Waals surface area contributed by atoms with Crippen molar-refractivity contribution in [2.45, 2.75) is 19.8 Å². The van der Waals surface area contributed by atoms with Crippen molar-refractivity contribution in [3.63, 3.8) is 0 Å². The zero-order valence-electron chi connectivity index (χ0n) is 14.7. The van der Waals surface area contributed by atoms with Gasteiger partial charge in [0.05, 0.1) is 4.92 Å². The second-order valence-electron chi connectivity index (χ2n) is 6.39. The molecule has 0 unspecified atom stereocenters. The number of nitro benzene ring substituents is 1. The van der Waals surface area contributed by atoms with Gasteiger partial charge < -0.3 is 4.90 Å². The molecule has 140 valence electrons. The van der Waals surface area contributed by atoms with Crippen molar-refractivity contribution in [3.8, 4) is 0 Å². The number of hydrogen-bond donors (Lipinski definition) is 0. The van der Waals surface area contributed by atoms with Crippen LogP contribution in [0.25, 0.3) is 0 Å². The first-order valence-electron chi connectivity index (χ1n) is 8.47. The zero-order chi connectivity index (χ0) is 19.6. The third-order valence-electron chi connectivity index (χ3n) is 4.46. The van der Waals surface area contributed by atoms with E-state index >= 15 is 0 Å². The van der Waals surface area contributed by atoms with Gasteiger partial charge in [-0.15, -0.1) is 0 Å². The van der Waals surface area contributed by atoms with Gasteiger partial charge >= 0.3 is 0 Å². The molecule has 1 saturated heterocycles. The molecule has 3 rings (SSSR count). The third-order valence-corrected chi connectivity index (χ3v) is 4.70. The predicted octanol–water partition coefficient (Wildman–Crippen LogP) is 3.78. The van der Waals surface area contributed by atoms with Crippen LogP contribution in [0.15, 0.2) is 42.5 Å². The van der Waals surface area contributed by atoms with Crippen LogP contribution in [0, 0.1) is 17.0 Å². The number of halogens is 1. The lowest BCUT2D eigenvalue weighted by Gasteiger charge is -2.28. The highest BCUT2D eigenvalue weighted by Gasteiger charge is 2.30. The summed E-state index contributed by atoms with van der Waals surface area (Å²) in [5, 5.41) is 11.6. The molecule has 7 nitrogen and oxygen atoms in total. The number of carbonyl (C=O) groups is 2. The number of aryl methyl sites for hydroxylation is 1. The number of hydrogen-bond acceptors (Lipinski definition) is 4. The highest BCUT2D eigenvalue weighted by Crippen LogP contribution is 2.27. The Morgan fingerprint density at radius 3 is 2.56 bits per heavy atom. The van der Waals surface area contributed by atoms with Crippen LogP contribution in [0.4, 0.5) is 11.4 Å². The smallest absolute Gasteiger partial charge is 0.282 e. The second-order valence-corrected chi connectivity index (χ2v) is 6.83. The highest BCUT2D eigenvalue weighted by atomic mass is 35.5. The van der Waals surface area contributed by atoms with Crippen molar-refractivity contribution < 1.29 is 14.5 Å². The molecule has 0 radical (unpaired) electrons. The first-order chi connectivity index (χ1) is 12.9. The molecule has 1 heterocycles. The second kappa shape index (κ2) is 7.75. The van der Waals surface area contributed by atoms with E-state index in [2.05, 4.69) is 0 Å². The van der Waals surface area contributed by atoms with E-state index in [0.717, 1.165) is 12.0 Å². The largest absolute Gasteiger partial charge is 0.324 e. The first kappa shape index (κ1) is 18.8. The summed E-state index contributed by atoms with van der Waals surface area (Å²) in [4.78, 5) is 39.0. The standard InChI is InChI=1S/C19H18ClN3O4/c1-13-4-7-15(8-5-13)22(12-21-10-2-3-18(21)24)19(25)16-11-14(20)6-9-17(16)23(26)27/h4-9,11H,2-3,10,12H2,1H3.